The summed E-state index contributed by atoms with van der Waals surface area (Å²) in [5.74, 6) is -0.0849. The van der Waals surface area contributed by atoms with E-state index in [1.807, 2.05) is 6.07 Å². The van der Waals surface area contributed by atoms with Crippen molar-refractivity contribution in [3.63, 3.8) is 0 Å². The van der Waals surface area contributed by atoms with Gasteiger partial charge in [0.2, 0.25) is 5.91 Å². The zero-order chi connectivity index (χ0) is 14.9. The Bertz CT molecular complexity index is 569. The molecule has 1 heterocycles. The van der Waals surface area contributed by atoms with Crippen molar-refractivity contribution in [2.75, 3.05) is 23.4 Å². The quantitative estimate of drug-likeness (QED) is 0.886. The number of amides is 2. The molecule has 1 aliphatic heterocycles. The molecule has 0 bridgehead atoms. The van der Waals surface area contributed by atoms with Crippen LogP contribution >= 0.6 is 0 Å². The van der Waals surface area contributed by atoms with Crippen molar-refractivity contribution in [3.05, 3.63) is 24.3 Å². The maximum atomic E-state index is 12.0. The lowest BCUT2D eigenvalue weighted by molar-refractivity contribution is -0.118. The molecule has 1 aromatic rings. The summed E-state index contributed by atoms with van der Waals surface area (Å²) in [5, 5.41) is 2.85. The molecule has 3 N–H and O–H groups in total. The van der Waals surface area contributed by atoms with Gasteiger partial charge in [-0.15, -0.1) is 0 Å². The standard InChI is InChI=1S/C15H19N3O3/c16-15(5-2-6-15)10-13(19)17-11-3-1-4-12(9-11)18-7-8-21-14(18)20/h1,3-4,9H,2,5-8,10,16H2,(H,17,19). The van der Waals surface area contributed by atoms with Crippen molar-refractivity contribution in [1.82, 2.24) is 0 Å². The van der Waals surface area contributed by atoms with Crippen molar-refractivity contribution in [2.45, 2.75) is 31.2 Å². The molecule has 3 rings (SSSR count). The van der Waals surface area contributed by atoms with Gasteiger partial charge in [0.05, 0.1) is 6.54 Å². The summed E-state index contributed by atoms with van der Waals surface area (Å²) in [5.41, 5.74) is 7.13. The molecule has 6 nitrogen and oxygen atoms in total. The maximum Gasteiger partial charge on any atom is 0.414 e. The Morgan fingerprint density at radius 2 is 2.24 bits per heavy atom. The molecule has 2 aliphatic rings. The molecule has 21 heavy (non-hydrogen) atoms. The molecule has 2 amide bonds. The predicted octanol–water partition coefficient (Wildman–Crippen LogP) is 1.85. The molecule has 1 saturated carbocycles. The molecule has 0 unspecified atom stereocenters. The number of rotatable bonds is 4. The molecular weight excluding hydrogens is 270 g/mol. The number of nitrogens with zero attached hydrogens (tertiary/aromatic N) is 1. The first-order chi connectivity index (χ1) is 10.1. The first-order valence-electron chi connectivity index (χ1n) is 7.19. The van der Waals surface area contributed by atoms with Crippen LogP contribution in [0.15, 0.2) is 24.3 Å². The van der Waals surface area contributed by atoms with Crippen LogP contribution in [0.1, 0.15) is 25.7 Å². The second kappa shape index (κ2) is 5.37. The summed E-state index contributed by atoms with van der Waals surface area (Å²) in [7, 11) is 0. The Labute approximate surface area is 123 Å². The molecule has 2 fully saturated rings. The van der Waals surface area contributed by atoms with Crippen molar-refractivity contribution in [2.24, 2.45) is 5.73 Å². The van der Waals surface area contributed by atoms with Gasteiger partial charge in [-0.25, -0.2) is 4.79 Å². The fraction of sp³-hybridized carbons (Fsp3) is 0.467. The van der Waals surface area contributed by atoms with Crippen LogP contribution < -0.4 is 16.0 Å². The zero-order valence-electron chi connectivity index (χ0n) is 11.8. The summed E-state index contributed by atoms with van der Waals surface area (Å²) >= 11 is 0. The van der Waals surface area contributed by atoms with E-state index in [0.717, 1.165) is 24.9 Å². The Morgan fingerprint density at radius 1 is 1.43 bits per heavy atom. The third kappa shape index (κ3) is 3.00. The highest BCUT2D eigenvalue weighted by Gasteiger charge is 2.34. The summed E-state index contributed by atoms with van der Waals surface area (Å²) in [6.07, 6.45) is 2.88. The van der Waals surface area contributed by atoms with Gasteiger partial charge in [0.25, 0.3) is 0 Å². The number of ether oxygens (including phenoxy) is 1. The minimum absolute atomic E-state index is 0.0849. The summed E-state index contributed by atoms with van der Waals surface area (Å²) in [6.45, 7) is 0.924. The van der Waals surface area contributed by atoms with E-state index < -0.39 is 0 Å². The van der Waals surface area contributed by atoms with Gasteiger partial charge in [0, 0.05) is 23.3 Å². The molecule has 1 aliphatic carbocycles. The molecule has 0 aromatic heterocycles. The van der Waals surface area contributed by atoms with Gasteiger partial charge in [-0.1, -0.05) is 6.07 Å². The normalized spacial score (nSPS) is 19.9. The second-order valence-corrected chi connectivity index (χ2v) is 5.76. The monoisotopic (exact) mass is 289 g/mol. The lowest BCUT2D eigenvalue weighted by Gasteiger charge is -2.37. The average molecular weight is 289 g/mol. The number of hydrogen-bond acceptors (Lipinski definition) is 4. The number of carbonyl (C=O) groups is 2. The fourth-order valence-corrected chi connectivity index (χ4v) is 2.71. The Morgan fingerprint density at radius 3 is 2.86 bits per heavy atom. The number of cyclic esters (lactones) is 1. The van der Waals surface area contributed by atoms with E-state index in [2.05, 4.69) is 5.32 Å². The smallest absolute Gasteiger partial charge is 0.414 e. The number of carbonyl (C=O) groups excluding carboxylic acids is 2. The molecular formula is C15H19N3O3. The molecule has 0 radical (unpaired) electrons. The van der Waals surface area contributed by atoms with Gasteiger partial charge in [-0.2, -0.15) is 0 Å². The Balaban J connectivity index is 1.65. The van der Waals surface area contributed by atoms with E-state index in [-0.39, 0.29) is 17.5 Å². The van der Waals surface area contributed by atoms with Crippen LogP contribution in [0.2, 0.25) is 0 Å². The Kier molecular flexibility index (Phi) is 3.55. The SMILES string of the molecule is NC1(CC(=O)Nc2cccc(N3CCOC3=O)c2)CCC1. The first kappa shape index (κ1) is 13.9. The van der Waals surface area contributed by atoms with Crippen molar-refractivity contribution < 1.29 is 14.3 Å². The highest BCUT2D eigenvalue weighted by atomic mass is 16.6. The van der Waals surface area contributed by atoms with Crippen LogP contribution in [0, 0.1) is 0 Å². The van der Waals surface area contributed by atoms with Crippen molar-refractivity contribution in [3.8, 4) is 0 Å². The first-order valence-corrected chi connectivity index (χ1v) is 7.19. The summed E-state index contributed by atoms with van der Waals surface area (Å²) in [4.78, 5) is 25.1. The molecule has 6 heteroatoms. The number of nitrogens with one attached hydrogen (secondary N) is 1. The van der Waals surface area contributed by atoms with Crippen LogP contribution in [-0.2, 0) is 9.53 Å². The van der Waals surface area contributed by atoms with Crippen LogP contribution in [0.25, 0.3) is 0 Å². The molecule has 0 spiro atoms. The van der Waals surface area contributed by atoms with Crippen LogP contribution in [0.5, 0.6) is 0 Å². The number of anilines is 2. The van der Waals surface area contributed by atoms with E-state index in [0.29, 0.717) is 25.3 Å². The summed E-state index contributed by atoms with van der Waals surface area (Å²) < 4.78 is 4.91. The average Bonchev–Trinajstić information content (AvgIpc) is 2.83. The minimum Gasteiger partial charge on any atom is -0.447 e. The van der Waals surface area contributed by atoms with Crippen LogP contribution in [0.3, 0.4) is 0 Å². The van der Waals surface area contributed by atoms with Gasteiger partial charge in [-0.3, -0.25) is 9.69 Å². The van der Waals surface area contributed by atoms with Gasteiger partial charge >= 0.3 is 6.09 Å². The van der Waals surface area contributed by atoms with E-state index >= 15 is 0 Å². The zero-order valence-corrected chi connectivity index (χ0v) is 11.8. The fourth-order valence-electron chi connectivity index (χ4n) is 2.71. The van der Waals surface area contributed by atoms with Gasteiger partial charge in [0.1, 0.15) is 6.61 Å². The number of hydrogen-bond donors (Lipinski definition) is 2. The highest BCUT2D eigenvalue weighted by molar-refractivity contribution is 5.94. The molecule has 0 atom stereocenters. The Hall–Kier alpha value is -2.08. The number of benzene rings is 1. The molecule has 1 aromatic carbocycles. The second-order valence-electron chi connectivity index (χ2n) is 5.76. The van der Waals surface area contributed by atoms with E-state index in [4.69, 9.17) is 10.5 Å². The third-order valence-corrected chi connectivity index (χ3v) is 4.06. The van der Waals surface area contributed by atoms with Crippen LogP contribution in [-0.4, -0.2) is 30.7 Å². The lowest BCUT2D eigenvalue weighted by Crippen LogP contribution is -2.48. The summed E-state index contributed by atoms with van der Waals surface area (Å²) in [6, 6.07) is 7.19. The number of nitrogens with two attached hydrogens (primary N) is 1. The van der Waals surface area contributed by atoms with Crippen molar-refractivity contribution >= 4 is 23.4 Å². The minimum atomic E-state index is -0.353. The van der Waals surface area contributed by atoms with E-state index in [1.165, 1.54) is 0 Å². The van der Waals surface area contributed by atoms with E-state index in [1.54, 1.807) is 23.1 Å². The van der Waals surface area contributed by atoms with Gasteiger partial charge in [0.15, 0.2) is 0 Å². The maximum absolute atomic E-state index is 12.0. The lowest BCUT2D eigenvalue weighted by atomic mass is 9.75. The van der Waals surface area contributed by atoms with Gasteiger partial charge in [-0.05, 0) is 37.5 Å². The highest BCUT2D eigenvalue weighted by Crippen LogP contribution is 2.32. The third-order valence-electron chi connectivity index (χ3n) is 4.06. The van der Waals surface area contributed by atoms with Gasteiger partial charge < -0.3 is 15.8 Å². The van der Waals surface area contributed by atoms with Crippen molar-refractivity contribution in [1.29, 1.82) is 0 Å². The van der Waals surface area contributed by atoms with Crippen LogP contribution in [0.4, 0.5) is 16.2 Å². The molecule has 112 valence electrons. The van der Waals surface area contributed by atoms with E-state index in [9.17, 15) is 9.59 Å². The largest absolute Gasteiger partial charge is 0.447 e. The molecule has 1 saturated heterocycles. The predicted molar refractivity (Wildman–Crippen MR) is 79.2 cm³/mol. The topological polar surface area (TPSA) is 84.7 Å².